The van der Waals surface area contributed by atoms with Gasteiger partial charge < -0.3 is 4.79 Å². The van der Waals surface area contributed by atoms with Crippen LogP contribution in [0.5, 0.6) is 0 Å². The minimum atomic E-state index is 0. The third-order valence-electron chi connectivity index (χ3n) is 0.962. The van der Waals surface area contributed by atoms with E-state index in [-0.39, 0.29) is 20.4 Å². The monoisotopic (exact) mass is 326 g/mol. The molecule has 0 atom stereocenters. The fourth-order valence-corrected chi connectivity index (χ4v) is 0.644. The van der Waals surface area contributed by atoms with Crippen molar-refractivity contribution in [2.75, 3.05) is 0 Å². The van der Waals surface area contributed by atoms with Crippen LogP contribution in [-0.4, -0.2) is 6.29 Å². The minimum absolute atomic E-state index is 0. The van der Waals surface area contributed by atoms with Gasteiger partial charge in [-0.1, -0.05) is 23.7 Å². The van der Waals surface area contributed by atoms with Crippen LogP contribution >= 0.6 is 11.6 Å². The molecule has 0 N–H and O–H groups in total. The number of rotatable bonds is 1. The quantitative estimate of drug-likeness (QED) is 0.720. The third-order valence-corrected chi connectivity index (χ3v) is 1.21. The summed E-state index contributed by atoms with van der Waals surface area (Å²) in [5.41, 5.74) is 0.527. The fourth-order valence-electron chi connectivity index (χ4n) is 0.518. The Balaban J connectivity index is 0.000000810. The zero-order chi connectivity index (χ0) is 6.69. The molecule has 53 valence electrons. The molecular weight excluding hydrogens is 322 g/mol. The first kappa shape index (κ1) is 9.84. The van der Waals surface area contributed by atoms with Crippen molar-refractivity contribution >= 4 is 17.9 Å². The maximum atomic E-state index is 9.95. The maximum Gasteiger partial charge on any atom is 0.0627 e. The Labute approximate surface area is 78.0 Å². The van der Waals surface area contributed by atoms with Crippen LogP contribution < -0.4 is 0 Å². The molecule has 1 radical (unpaired) electrons. The van der Waals surface area contributed by atoms with E-state index in [1.165, 1.54) is 0 Å². The Morgan fingerprint density at radius 2 is 1.70 bits per heavy atom. The molecule has 0 aromatic heterocycles. The molecule has 0 unspecified atom stereocenters. The van der Waals surface area contributed by atoms with Crippen LogP contribution in [0.3, 0.4) is 0 Å². The molecule has 0 aliphatic carbocycles. The summed E-state index contributed by atoms with van der Waals surface area (Å²) >= 11 is 5.54. The van der Waals surface area contributed by atoms with E-state index in [1.807, 2.05) is 0 Å². The summed E-state index contributed by atoms with van der Waals surface area (Å²) in [6, 6.07) is 6.55. The van der Waals surface area contributed by atoms with Crippen molar-refractivity contribution in [3.63, 3.8) is 0 Å². The van der Waals surface area contributed by atoms with Crippen molar-refractivity contribution in [1.29, 1.82) is 0 Å². The molecule has 10 heavy (non-hydrogen) atoms. The molecule has 0 aliphatic rings. The van der Waals surface area contributed by atoms with Crippen LogP contribution in [0.15, 0.2) is 24.3 Å². The van der Waals surface area contributed by atoms with Gasteiger partial charge in [0.25, 0.3) is 0 Å². The van der Waals surface area contributed by atoms with Gasteiger partial charge in [0.15, 0.2) is 0 Å². The van der Waals surface area contributed by atoms with Crippen molar-refractivity contribution < 1.29 is 25.2 Å². The summed E-state index contributed by atoms with van der Waals surface area (Å²) in [5.74, 6) is 0. The minimum Gasteiger partial charge on any atom is -0.376 e. The third kappa shape index (κ3) is 2.62. The van der Waals surface area contributed by atoms with Crippen molar-refractivity contribution in [1.82, 2.24) is 0 Å². The predicted octanol–water partition coefficient (Wildman–Crippen LogP) is 1.80. The zero-order valence-corrected chi connectivity index (χ0v) is 8.45. The van der Waals surface area contributed by atoms with Crippen LogP contribution in [0, 0.1) is 0 Å². The van der Waals surface area contributed by atoms with Gasteiger partial charge in [-0.15, -0.1) is 0 Å². The molecule has 3 heteroatoms. The van der Waals surface area contributed by atoms with Crippen LogP contribution in [0.4, 0.5) is 0 Å². The normalized spacial score (nSPS) is 8.10. The molecule has 0 amide bonds. The summed E-state index contributed by atoms with van der Waals surface area (Å²) in [7, 11) is 0. The molecule has 0 spiro atoms. The van der Waals surface area contributed by atoms with Crippen LogP contribution in [-0.2, 0) is 25.2 Å². The Hall–Kier alpha value is -0.158. The Morgan fingerprint density at radius 1 is 1.20 bits per heavy atom. The zero-order valence-electron chi connectivity index (χ0n) is 4.97. The largest absolute Gasteiger partial charge is 0.376 e. The molecule has 0 aliphatic heterocycles. The van der Waals surface area contributed by atoms with Crippen LogP contribution in [0.2, 0.25) is 5.02 Å². The Bertz CT molecular complexity index is 207. The van der Waals surface area contributed by atoms with Gasteiger partial charge in [0, 0.05) is 25.4 Å². The van der Waals surface area contributed by atoms with Gasteiger partial charge in [0.05, 0.1) is 6.29 Å². The van der Waals surface area contributed by atoms with E-state index in [9.17, 15) is 4.79 Å². The van der Waals surface area contributed by atoms with Crippen LogP contribution in [0.1, 0.15) is 5.56 Å². The van der Waals surface area contributed by atoms with Gasteiger partial charge in [0.2, 0.25) is 0 Å². The number of halogens is 1. The van der Waals surface area contributed by atoms with Gasteiger partial charge in [-0.05, 0) is 0 Å². The summed E-state index contributed by atoms with van der Waals surface area (Å²) in [5, 5.41) is 0.633. The van der Waals surface area contributed by atoms with E-state index in [0.29, 0.717) is 10.6 Å². The second kappa shape index (κ2) is 4.63. The van der Waals surface area contributed by atoms with Gasteiger partial charge in [0.1, 0.15) is 0 Å². The molecule has 0 saturated heterocycles. The second-order valence-electron chi connectivity index (χ2n) is 1.61. The van der Waals surface area contributed by atoms with E-state index in [0.717, 1.165) is 0 Å². The van der Waals surface area contributed by atoms with E-state index in [2.05, 4.69) is 0 Å². The van der Waals surface area contributed by atoms with E-state index in [1.54, 1.807) is 30.6 Å². The second-order valence-corrected chi connectivity index (χ2v) is 2.05. The Kier molecular flexibility index (Phi) is 4.55. The van der Waals surface area contributed by atoms with Gasteiger partial charge >= 0.3 is 0 Å². The first-order chi connectivity index (χ1) is 4.33. The average Bonchev–Trinajstić information content (AvgIpc) is 1.90. The summed E-state index contributed by atoms with van der Waals surface area (Å²) in [6.45, 7) is 0. The Morgan fingerprint density at radius 3 is 2.10 bits per heavy atom. The molecular formula is C7H4ClORe-. The number of benzene rings is 1. The summed E-state index contributed by atoms with van der Waals surface area (Å²) in [6.07, 6.45) is 1.75. The van der Waals surface area contributed by atoms with Gasteiger partial charge in [-0.2, -0.15) is 17.7 Å². The topological polar surface area (TPSA) is 17.1 Å². The standard InChI is InChI=1S/C7H4ClO.Re/c8-7-3-1-6(5-9)2-4-7;/h1-4H;/q-1;. The molecule has 0 fully saturated rings. The van der Waals surface area contributed by atoms with Gasteiger partial charge in [-0.25, -0.2) is 0 Å². The molecule has 1 aromatic rings. The maximum absolute atomic E-state index is 9.95. The van der Waals surface area contributed by atoms with Gasteiger partial charge in [-0.3, -0.25) is 0 Å². The smallest absolute Gasteiger partial charge is 0.0627 e. The molecule has 1 rings (SSSR count). The number of hydrogen-bond donors (Lipinski definition) is 0. The predicted molar refractivity (Wildman–Crippen MR) is 36.2 cm³/mol. The van der Waals surface area contributed by atoms with Crippen LogP contribution in [0.25, 0.3) is 0 Å². The number of carbonyl (C=O) groups excluding carboxylic acids is 1. The average molecular weight is 326 g/mol. The number of hydrogen-bond acceptors (Lipinski definition) is 1. The van der Waals surface area contributed by atoms with Crippen molar-refractivity contribution in [3.8, 4) is 0 Å². The van der Waals surface area contributed by atoms with Crippen molar-refractivity contribution in [3.05, 3.63) is 34.9 Å². The van der Waals surface area contributed by atoms with Crippen molar-refractivity contribution in [2.45, 2.75) is 0 Å². The molecule has 0 bridgehead atoms. The van der Waals surface area contributed by atoms with E-state index >= 15 is 0 Å². The molecule has 0 saturated carbocycles. The van der Waals surface area contributed by atoms with E-state index < -0.39 is 0 Å². The fraction of sp³-hybridized carbons (Fsp3) is 0. The summed E-state index contributed by atoms with van der Waals surface area (Å²) in [4.78, 5) is 9.95. The molecule has 0 heterocycles. The molecule has 1 nitrogen and oxygen atoms in total. The first-order valence-electron chi connectivity index (χ1n) is 2.46. The SMILES string of the molecule is O=[C-]c1ccc(Cl)cc1.[Re]. The van der Waals surface area contributed by atoms with Crippen molar-refractivity contribution in [2.24, 2.45) is 0 Å². The first-order valence-corrected chi connectivity index (χ1v) is 2.84. The molecule has 1 aromatic carbocycles. The summed E-state index contributed by atoms with van der Waals surface area (Å²) < 4.78 is 0. The van der Waals surface area contributed by atoms with E-state index in [4.69, 9.17) is 11.6 Å².